The van der Waals surface area contributed by atoms with Crippen molar-refractivity contribution in [3.63, 3.8) is 0 Å². The number of hydrogen-bond donors (Lipinski definition) is 2. The van der Waals surface area contributed by atoms with Gasteiger partial charge in [-0.15, -0.1) is 11.3 Å². The number of carbonyl (C=O) groups is 2. The Morgan fingerprint density at radius 2 is 1.87 bits per heavy atom. The summed E-state index contributed by atoms with van der Waals surface area (Å²) in [6.07, 6.45) is 10.3. The van der Waals surface area contributed by atoms with E-state index in [9.17, 15) is 9.59 Å². The van der Waals surface area contributed by atoms with E-state index in [1.165, 1.54) is 43.4 Å². The summed E-state index contributed by atoms with van der Waals surface area (Å²) < 4.78 is 0. The molecule has 5 nitrogen and oxygen atoms in total. The maximum atomic E-state index is 11.6. The molecule has 0 aliphatic heterocycles. The van der Waals surface area contributed by atoms with Gasteiger partial charge in [-0.05, 0) is 17.9 Å². The fourth-order valence-corrected chi connectivity index (χ4v) is 2.67. The van der Waals surface area contributed by atoms with Crippen LogP contribution < -0.4 is 10.7 Å². The van der Waals surface area contributed by atoms with Gasteiger partial charge >= 0.3 is 0 Å². The van der Waals surface area contributed by atoms with Crippen molar-refractivity contribution < 1.29 is 9.59 Å². The average molecular weight is 337 g/mol. The smallest absolute Gasteiger partial charge is 0.259 e. The molecule has 0 atom stereocenters. The van der Waals surface area contributed by atoms with Gasteiger partial charge in [-0.25, -0.2) is 5.43 Å². The van der Waals surface area contributed by atoms with Crippen LogP contribution in [0.3, 0.4) is 0 Å². The highest BCUT2D eigenvalue weighted by Gasteiger charge is 2.04. The minimum atomic E-state index is -0.314. The molecular formula is C17H27N3O2S. The third-order valence-corrected chi connectivity index (χ3v) is 4.18. The van der Waals surface area contributed by atoms with Gasteiger partial charge in [0.15, 0.2) is 0 Å². The summed E-state index contributed by atoms with van der Waals surface area (Å²) in [5.41, 5.74) is 2.39. The number of nitrogens with one attached hydrogen (secondary N) is 2. The van der Waals surface area contributed by atoms with Crippen LogP contribution >= 0.6 is 11.3 Å². The minimum Gasteiger partial charge on any atom is -0.347 e. The first-order chi connectivity index (χ1) is 11.2. The molecule has 0 saturated heterocycles. The number of unbranched alkanes of at least 4 members (excludes halogenated alkanes) is 6. The van der Waals surface area contributed by atoms with Gasteiger partial charge in [0.25, 0.3) is 5.91 Å². The highest BCUT2D eigenvalue weighted by Crippen LogP contribution is 2.08. The molecule has 23 heavy (non-hydrogen) atoms. The molecule has 128 valence electrons. The SMILES string of the molecule is CCCCCCCCCC(=O)NCC(=O)NN=Cc1cccs1. The van der Waals surface area contributed by atoms with Gasteiger partial charge in [0.2, 0.25) is 5.91 Å². The van der Waals surface area contributed by atoms with Crippen molar-refractivity contribution in [1.29, 1.82) is 0 Å². The molecule has 1 heterocycles. The predicted molar refractivity (Wildman–Crippen MR) is 95.7 cm³/mol. The second kappa shape index (κ2) is 12.8. The monoisotopic (exact) mass is 337 g/mol. The number of amides is 2. The Labute approximate surface area is 142 Å². The van der Waals surface area contributed by atoms with Crippen molar-refractivity contribution in [3.05, 3.63) is 22.4 Å². The Morgan fingerprint density at radius 1 is 1.13 bits per heavy atom. The summed E-state index contributed by atoms with van der Waals surface area (Å²) >= 11 is 1.54. The zero-order valence-corrected chi connectivity index (χ0v) is 14.7. The molecule has 2 amide bonds. The van der Waals surface area contributed by atoms with Crippen LogP contribution in [0.5, 0.6) is 0 Å². The standard InChI is InChI=1S/C17H27N3O2S/c1-2-3-4-5-6-7-8-11-16(21)18-14-17(22)20-19-13-15-10-9-12-23-15/h9-10,12-13H,2-8,11,14H2,1H3,(H,18,21)(H,20,22). The summed E-state index contributed by atoms with van der Waals surface area (Å²) in [7, 11) is 0. The Morgan fingerprint density at radius 3 is 2.57 bits per heavy atom. The molecule has 0 saturated carbocycles. The Kier molecular flexibility index (Phi) is 10.8. The van der Waals surface area contributed by atoms with Crippen LogP contribution in [0.15, 0.2) is 22.6 Å². The molecule has 2 N–H and O–H groups in total. The van der Waals surface area contributed by atoms with E-state index < -0.39 is 0 Å². The highest BCUT2D eigenvalue weighted by atomic mass is 32.1. The van der Waals surface area contributed by atoms with Crippen LogP contribution in [-0.2, 0) is 9.59 Å². The fourth-order valence-electron chi connectivity index (χ4n) is 2.08. The zero-order chi connectivity index (χ0) is 16.8. The first-order valence-electron chi connectivity index (χ1n) is 8.34. The lowest BCUT2D eigenvalue weighted by Crippen LogP contribution is -2.34. The summed E-state index contributed by atoms with van der Waals surface area (Å²) in [5, 5.41) is 8.39. The molecule has 0 bridgehead atoms. The van der Waals surface area contributed by atoms with Gasteiger partial charge in [0.05, 0.1) is 12.8 Å². The van der Waals surface area contributed by atoms with E-state index in [1.807, 2.05) is 17.5 Å². The number of hydrogen-bond acceptors (Lipinski definition) is 4. The van der Waals surface area contributed by atoms with E-state index in [4.69, 9.17) is 0 Å². The molecule has 0 aliphatic carbocycles. The van der Waals surface area contributed by atoms with Crippen LogP contribution in [0.2, 0.25) is 0 Å². The number of nitrogens with zero attached hydrogens (tertiary/aromatic N) is 1. The first kappa shape index (κ1) is 19.4. The third-order valence-electron chi connectivity index (χ3n) is 3.38. The van der Waals surface area contributed by atoms with Crippen molar-refractivity contribution in [2.24, 2.45) is 5.10 Å². The summed E-state index contributed by atoms with van der Waals surface area (Å²) in [5.74, 6) is -0.387. The number of hydrazone groups is 1. The highest BCUT2D eigenvalue weighted by molar-refractivity contribution is 7.11. The van der Waals surface area contributed by atoms with Gasteiger partial charge in [-0.2, -0.15) is 5.10 Å². The van der Waals surface area contributed by atoms with E-state index >= 15 is 0 Å². The van der Waals surface area contributed by atoms with Crippen LogP contribution in [0, 0.1) is 0 Å². The summed E-state index contributed by atoms with van der Waals surface area (Å²) in [6, 6.07) is 3.82. The number of rotatable bonds is 12. The Bertz CT molecular complexity index is 472. The lowest BCUT2D eigenvalue weighted by atomic mass is 10.1. The predicted octanol–water partition coefficient (Wildman–Crippen LogP) is 3.46. The molecule has 1 aromatic rings. The van der Waals surface area contributed by atoms with Crippen LogP contribution in [0.1, 0.15) is 63.2 Å². The van der Waals surface area contributed by atoms with Crippen molar-refractivity contribution >= 4 is 29.4 Å². The molecular weight excluding hydrogens is 310 g/mol. The molecule has 6 heteroatoms. The largest absolute Gasteiger partial charge is 0.347 e. The van der Waals surface area contributed by atoms with Gasteiger partial charge in [0, 0.05) is 11.3 Å². The molecule has 1 rings (SSSR count). The molecule has 0 aliphatic rings. The molecule has 1 aromatic heterocycles. The lowest BCUT2D eigenvalue weighted by Gasteiger charge is -2.04. The minimum absolute atomic E-state index is 0.0306. The van der Waals surface area contributed by atoms with E-state index in [0.717, 1.165) is 17.7 Å². The van der Waals surface area contributed by atoms with Crippen LogP contribution in [0.25, 0.3) is 0 Å². The zero-order valence-electron chi connectivity index (χ0n) is 13.8. The molecule has 0 aromatic carbocycles. The van der Waals surface area contributed by atoms with Gasteiger partial charge < -0.3 is 5.32 Å². The topological polar surface area (TPSA) is 70.6 Å². The summed E-state index contributed by atoms with van der Waals surface area (Å²) in [6.45, 7) is 2.17. The molecule has 0 spiro atoms. The van der Waals surface area contributed by atoms with Crippen LogP contribution in [-0.4, -0.2) is 24.6 Å². The van der Waals surface area contributed by atoms with Crippen molar-refractivity contribution in [1.82, 2.24) is 10.7 Å². The Hall–Kier alpha value is -1.69. The molecule has 0 radical (unpaired) electrons. The van der Waals surface area contributed by atoms with Crippen molar-refractivity contribution in [2.75, 3.05) is 6.54 Å². The second-order valence-corrected chi connectivity index (χ2v) is 6.44. The van der Waals surface area contributed by atoms with Gasteiger partial charge in [0.1, 0.15) is 0 Å². The quantitative estimate of drug-likeness (QED) is 0.348. The maximum absolute atomic E-state index is 11.6. The van der Waals surface area contributed by atoms with Gasteiger partial charge in [-0.3, -0.25) is 9.59 Å². The van der Waals surface area contributed by atoms with Gasteiger partial charge in [-0.1, -0.05) is 51.5 Å². The Balaban J connectivity index is 1.99. The molecule has 0 fully saturated rings. The first-order valence-corrected chi connectivity index (χ1v) is 9.22. The lowest BCUT2D eigenvalue weighted by molar-refractivity contribution is -0.126. The summed E-state index contributed by atoms with van der Waals surface area (Å²) in [4.78, 5) is 24.1. The van der Waals surface area contributed by atoms with Crippen molar-refractivity contribution in [2.45, 2.75) is 58.3 Å². The van der Waals surface area contributed by atoms with E-state index in [1.54, 1.807) is 6.21 Å². The fraction of sp³-hybridized carbons (Fsp3) is 0.588. The van der Waals surface area contributed by atoms with E-state index in [-0.39, 0.29) is 18.4 Å². The maximum Gasteiger partial charge on any atom is 0.259 e. The van der Waals surface area contributed by atoms with Crippen LogP contribution in [0.4, 0.5) is 0 Å². The normalized spacial score (nSPS) is 10.8. The second-order valence-electron chi connectivity index (χ2n) is 5.46. The van der Waals surface area contributed by atoms with E-state index in [0.29, 0.717) is 6.42 Å². The third kappa shape index (κ3) is 10.6. The average Bonchev–Trinajstić information content (AvgIpc) is 3.05. The molecule has 0 unspecified atom stereocenters. The number of thiophene rings is 1. The number of carbonyl (C=O) groups excluding carboxylic acids is 2. The van der Waals surface area contributed by atoms with E-state index in [2.05, 4.69) is 22.8 Å². The van der Waals surface area contributed by atoms with Crippen molar-refractivity contribution in [3.8, 4) is 0 Å².